The summed E-state index contributed by atoms with van der Waals surface area (Å²) < 4.78 is 20.4. The molecule has 1 aromatic carbocycles. The molecule has 0 aliphatic heterocycles. The number of ether oxygens (including phenoxy) is 1. The lowest BCUT2D eigenvalue weighted by molar-refractivity contribution is -0.137. The zero-order valence-corrected chi connectivity index (χ0v) is 14.3. The molecule has 22 heavy (non-hydrogen) atoms. The van der Waals surface area contributed by atoms with E-state index in [1.807, 2.05) is 13.8 Å². The average Bonchev–Trinajstić information content (AvgIpc) is 2.46. The van der Waals surface area contributed by atoms with Gasteiger partial charge in [-0.05, 0) is 43.3 Å². The van der Waals surface area contributed by atoms with Crippen molar-refractivity contribution in [3.05, 3.63) is 29.3 Å². The second kappa shape index (κ2) is 7.98. The molecule has 6 heteroatoms. The summed E-state index contributed by atoms with van der Waals surface area (Å²) in [4.78, 5) is 23.1. The van der Waals surface area contributed by atoms with Crippen LogP contribution >= 0.6 is 0 Å². The highest BCUT2D eigenvalue weighted by atomic mass is 32.2. The van der Waals surface area contributed by atoms with Crippen molar-refractivity contribution >= 4 is 32.5 Å². The molecule has 1 rings (SSSR count). The number of benzene rings is 1. The van der Waals surface area contributed by atoms with Crippen LogP contribution in [0, 0.1) is 6.92 Å². The summed E-state index contributed by atoms with van der Waals surface area (Å²) in [6.07, 6.45) is 1.45. The van der Waals surface area contributed by atoms with Gasteiger partial charge in [-0.1, -0.05) is 19.4 Å². The number of hydrogen-bond acceptors (Lipinski definition) is 4. The first-order valence-corrected chi connectivity index (χ1v) is 8.91. The third kappa shape index (κ3) is 5.18. The number of hydrogen-bond donors (Lipinski definition) is 1. The number of nitrogens with one attached hydrogen (secondary N) is 1. The molecule has 1 aromatic rings. The van der Waals surface area contributed by atoms with Crippen molar-refractivity contribution in [1.29, 1.82) is 0 Å². The van der Waals surface area contributed by atoms with Crippen LogP contribution in [0.3, 0.4) is 0 Å². The Hall–Kier alpha value is -1.82. The van der Waals surface area contributed by atoms with Crippen LogP contribution in [0.2, 0.25) is 0 Å². The van der Waals surface area contributed by atoms with Crippen molar-refractivity contribution < 1.29 is 18.5 Å². The predicted molar refractivity (Wildman–Crippen MR) is 90.8 cm³/mol. The van der Waals surface area contributed by atoms with E-state index in [0.29, 0.717) is 17.7 Å². The Morgan fingerprint density at radius 3 is 2.59 bits per heavy atom. The van der Waals surface area contributed by atoms with Gasteiger partial charge in [0.1, 0.15) is 5.75 Å². The Balaban J connectivity index is 3.15. The van der Waals surface area contributed by atoms with Crippen molar-refractivity contribution in [3.63, 3.8) is 0 Å². The van der Waals surface area contributed by atoms with Crippen LogP contribution in [0.1, 0.15) is 42.6 Å². The summed E-state index contributed by atoms with van der Waals surface area (Å²) in [7, 11) is -1.47. The first-order valence-electron chi connectivity index (χ1n) is 7.12. The van der Waals surface area contributed by atoms with Crippen LogP contribution in [-0.2, 0) is 19.2 Å². The molecule has 1 N–H and O–H groups in total. The van der Waals surface area contributed by atoms with Crippen molar-refractivity contribution in [2.24, 2.45) is 0 Å². The van der Waals surface area contributed by atoms with Gasteiger partial charge in [0.15, 0.2) is 5.78 Å². The summed E-state index contributed by atoms with van der Waals surface area (Å²) in [6.45, 7) is 5.30. The molecular weight excluding hydrogens is 302 g/mol. The van der Waals surface area contributed by atoms with Crippen LogP contribution in [0.25, 0.3) is 0 Å². The van der Waals surface area contributed by atoms with Gasteiger partial charge in [-0.15, -0.1) is 0 Å². The Labute approximate surface area is 132 Å². The zero-order chi connectivity index (χ0) is 16.8. The van der Waals surface area contributed by atoms with Crippen molar-refractivity contribution in [2.75, 3.05) is 17.6 Å². The largest absolute Gasteiger partial charge is 0.468 e. The molecule has 1 atom stereocenters. The second-order valence-electron chi connectivity index (χ2n) is 5.09. The molecule has 0 fully saturated rings. The molecule has 0 bridgehead atoms. The fourth-order valence-corrected chi connectivity index (χ4v) is 3.83. The minimum absolute atomic E-state index is 0.0573. The summed E-state index contributed by atoms with van der Waals surface area (Å²) in [5.41, 5.74) is 1.98. The Morgan fingerprint density at radius 2 is 2.05 bits per heavy atom. The maximum absolute atomic E-state index is 12.9. The van der Waals surface area contributed by atoms with Crippen LogP contribution in [0.15, 0.2) is 18.2 Å². The SMILES string of the molecule is CCCC=S(=O)(CC(=O)OC)Nc1ccc(C)c(C(C)=O)c1. The molecule has 0 amide bonds. The molecule has 1 unspecified atom stereocenters. The van der Waals surface area contributed by atoms with Gasteiger partial charge < -0.3 is 9.46 Å². The Bertz CT molecular complexity index is 673. The van der Waals surface area contributed by atoms with Gasteiger partial charge in [0.25, 0.3) is 0 Å². The van der Waals surface area contributed by atoms with Gasteiger partial charge in [-0.25, -0.2) is 4.21 Å². The van der Waals surface area contributed by atoms with Gasteiger partial charge >= 0.3 is 5.97 Å². The van der Waals surface area contributed by atoms with E-state index in [-0.39, 0.29) is 11.5 Å². The van der Waals surface area contributed by atoms with Crippen LogP contribution in [0.4, 0.5) is 5.69 Å². The number of carbonyl (C=O) groups excluding carboxylic acids is 2. The smallest absolute Gasteiger partial charge is 0.319 e. The van der Waals surface area contributed by atoms with E-state index >= 15 is 0 Å². The highest BCUT2D eigenvalue weighted by Gasteiger charge is 2.15. The van der Waals surface area contributed by atoms with E-state index in [1.165, 1.54) is 14.0 Å². The topological polar surface area (TPSA) is 72.5 Å². The lowest BCUT2D eigenvalue weighted by Gasteiger charge is -2.15. The summed E-state index contributed by atoms with van der Waals surface area (Å²) in [6, 6.07) is 5.20. The molecule has 122 valence electrons. The third-order valence-electron chi connectivity index (χ3n) is 3.14. The van der Waals surface area contributed by atoms with Gasteiger partial charge in [-0.3, -0.25) is 9.59 Å². The zero-order valence-electron chi connectivity index (χ0n) is 13.5. The summed E-state index contributed by atoms with van der Waals surface area (Å²) >= 11 is 0. The van der Waals surface area contributed by atoms with Crippen LogP contribution in [0.5, 0.6) is 0 Å². The predicted octanol–water partition coefficient (Wildman–Crippen LogP) is 2.58. The Morgan fingerprint density at radius 1 is 1.36 bits per heavy atom. The molecule has 0 radical (unpaired) electrons. The average molecular weight is 325 g/mol. The number of anilines is 1. The first-order chi connectivity index (χ1) is 10.3. The van der Waals surface area contributed by atoms with Gasteiger partial charge in [0.05, 0.1) is 16.8 Å². The third-order valence-corrected chi connectivity index (χ3v) is 5.16. The molecule has 0 saturated heterocycles. The maximum atomic E-state index is 12.9. The number of carbonyl (C=O) groups is 2. The lowest BCUT2D eigenvalue weighted by atomic mass is 10.1. The second-order valence-corrected chi connectivity index (χ2v) is 7.37. The molecule has 0 aliphatic rings. The molecule has 0 heterocycles. The molecule has 0 saturated carbocycles. The van der Waals surface area contributed by atoms with Crippen LogP contribution in [-0.4, -0.2) is 34.2 Å². The molecule has 0 spiro atoms. The highest BCUT2D eigenvalue weighted by molar-refractivity contribution is 8.03. The van der Waals surface area contributed by atoms with Gasteiger partial charge in [0, 0.05) is 11.3 Å². The maximum Gasteiger partial charge on any atom is 0.319 e. The number of Topliss-reactive ketones (excluding diaryl/α,β-unsaturated/α-hetero) is 1. The first kappa shape index (κ1) is 18.2. The van der Waals surface area contributed by atoms with E-state index in [4.69, 9.17) is 0 Å². The van der Waals surface area contributed by atoms with Gasteiger partial charge in [0.2, 0.25) is 0 Å². The fraction of sp³-hybridized carbons (Fsp3) is 0.438. The number of esters is 1. The standard InChI is InChI=1S/C16H23NO4S/c1-5-6-9-22(20,11-16(19)21-4)17-14-8-7-12(2)15(10-14)13(3)18/h7-10H,5-6,11H2,1-4H3,(H,17,20). The van der Waals surface area contributed by atoms with Crippen molar-refractivity contribution in [1.82, 2.24) is 0 Å². The Kier molecular flexibility index (Phi) is 6.61. The van der Waals surface area contributed by atoms with E-state index < -0.39 is 15.7 Å². The van der Waals surface area contributed by atoms with Crippen molar-refractivity contribution in [2.45, 2.75) is 33.6 Å². The van der Waals surface area contributed by atoms with Crippen molar-refractivity contribution in [3.8, 4) is 0 Å². The number of ketones is 1. The highest BCUT2D eigenvalue weighted by Crippen LogP contribution is 2.17. The van der Waals surface area contributed by atoms with E-state index in [0.717, 1.165) is 12.0 Å². The summed E-state index contributed by atoms with van der Waals surface area (Å²) in [5, 5.41) is 1.62. The number of aryl methyl sites for hydroxylation is 1. The van der Waals surface area contributed by atoms with E-state index in [2.05, 4.69) is 9.46 Å². The summed E-state index contributed by atoms with van der Waals surface area (Å²) in [5.74, 6) is -0.825. The molecular formula is C16H23NO4S. The minimum Gasteiger partial charge on any atom is -0.468 e. The normalized spacial score (nSPS) is 13.1. The monoisotopic (exact) mass is 325 g/mol. The van der Waals surface area contributed by atoms with E-state index in [1.54, 1.807) is 23.6 Å². The number of methoxy groups -OCH3 is 1. The number of unbranched alkanes of at least 4 members (excludes halogenated alkanes) is 1. The van der Waals surface area contributed by atoms with Gasteiger partial charge in [-0.2, -0.15) is 0 Å². The molecule has 0 aromatic heterocycles. The molecule has 0 aliphatic carbocycles. The lowest BCUT2D eigenvalue weighted by Crippen LogP contribution is -2.26. The van der Waals surface area contributed by atoms with E-state index in [9.17, 15) is 13.8 Å². The molecule has 5 nitrogen and oxygen atoms in total. The fourth-order valence-electron chi connectivity index (χ4n) is 1.94. The van der Waals surface area contributed by atoms with Crippen LogP contribution < -0.4 is 4.72 Å². The number of rotatable bonds is 7. The minimum atomic E-state index is -2.73. The quantitative estimate of drug-likeness (QED) is 0.475.